The molecule has 0 heterocycles. The molecule has 0 radical (unpaired) electrons. The van der Waals surface area contributed by atoms with Gasteiger partial charge < -0.3 is 10.6 Å². The molecule has 1 unspecified atom stereocenters. The highest BCUT2D eigenvalue weighted by Crippen LogP contribution is 2.21. The maximum atomic E-state index is 11.9. The van der Waals surface area contributed by atoms with Crippen LogP contribution in [0.5, 0.6) is 0 Å². The molecule has 0 aliphatic heterocycles. The van der Waals surface area contributed by atoms with Crippen LogP contribution < -0.4 is 10.6 Å². The molecule has 0 saturated heterocycles. The first kappa shape index (κ1) is 15.4. The molecule has 2 N–H and O–H groups in total. The Morgan fingerprint density at radius 3 is 2.48 bits per heavy atom. The van der Waals surface area contributed by atoms with E-state index in [-0.39, 0.29) is 12.1 Å². The number of urea groups is 1. The van der Waals surface area contributed by atoms with E-state index < -0.39 is 0 Å². The molecule has 110 valence electrons. The molecule has 3 nitrogen and oxygen atoms in total. The molecule has 0 fully saturated rings. The molecule has 2 aromatic carbocycles. The van der Waals surface area contributed by atoms with Crippen LogP contribution in [0.15, 0.2) is 54.6 Å². The van der Waals surface area contributed by atoms with Crippen molar-refractivity contribution in [1.29, 1.82) is 0 Å². The maximum absolute atomic E-state index is 11.9. The normalized spacial score (nSPS) is 11.7. The molecule has 0 spiro atoms. The predicted molar refractivity (Wildman–Crippen MR) is 86.5 cm³/mol. The zero-order chi connectivity index (χ0) is 15.1. The average molecular weight is 303 g/mol. The lowest BCUT2D eigenvalue weighted by Gasteiger charge is -2.16. The maximum Gasteiger partial charge on any atom is 0.315 e. The van der Waals surface area contributed by atoms with Crippen LogP contribution in [-0.2, 0) is 6.42 Å². The zero-order valence-electron chi connectivity index (χ0n) is 12.0. The van der Waals surface area contributed by atoms with Gasteiger partial charge in [0.25, 0.3) is 0 Å². The number of carbonyl (C=O) groups is 1. The van der Waals surface area contributed by atoms with Crippen molar-refractivity contribution in [3.05, 3.63) is 70.7 Å². The summed E-state index contributed by atoms with van der Waals surface area (Å²) in [6.07, 6.45) is 0.814. The number of carbonyl (C=O) groups excluding carboxylic acids is 1. The van der Waals surface area contributed by atoms with Gasteiger partial charge in [-0.25, -0.2) is 4.79 Å². The molecule has 0 aliphatic rings. The number of benzene rings is 2. The van der Waals surface area contributed by atoms with Crippen molar-refractivity contribution in [2.24, 2.45) is 0 Å². The van der Waals surface area contributed by atoms with Gasteiger partial charge in [0.05, 0.1) is 6.04 Å². The van der Waals surface area contributed by atoms with Crippen molar-refractivity contribution >= 4 is 17.6 Å². The van der Waals surface area contributed by atoms with Crippen molar-refractivity contribution in [3.8, 4) is 0 Å². The molecule has 0 aliphatic carbocycles. The summed E-state index contributed by atoms with van der Waals surface area (Å²) in [6, 6.07) is 17.3. The summed E-state index contributed by atoms with van der Waals surface area (Å²) in [7, 11) is 0. The fourth-order valence-corrected chi connectivity index (χ4v) is 2.42. The first-order chi connectivity index (χ1) is 10.2. The Morgan fingerprint density at radius 1 is 1.10 bits per heavy atom. The average Bonchev–Trinajstić information content (AvgIpc) is 2.48. The molecule has 1 atom stereocenters. The van der Waals surface area contributed by atoms with Crippen LogP contribution in [-0.4, -0.2) is 12.6 Å². The summed E-state index contributed by atoms with van der Waals surface area (Å²) in [5, 5.41) is 6.41. The van der Waals surface area contributed by atoms with Gasteiger partial charge in [-0.1, -0.05) is 60.1 Å². The smallest absolute Gasteiger partial charge is 0.315 e. The fraction of sp³-hybridized carbons (Fsp3) is 0.235. The van der Waals surface area contributed by atoms with E-state index in [0.717, 1.165) is 12.0 Å². The van der Waals surface area contributed by atoms with E-state index in [1.165, 1.54) is 5.56 Å². The lowest BCUT2D eigenvalue weighted by molar-refractivity contribution is 0.238. The molecular formula is C17H19ClN2O. The van der Waals surface area contributed by atoms with Crippen molar-refractivity contribution < 1.29 is 4.79 Å². The van der Waals surface area contributed by atoms with E-state index in [0.29, 0.717) is 11.6 Å². The molecule has 4 heteroatoms. The van der Waals surface area contributed by atoms with Crippen LogP contribution in [0.2, 0.25) is 5.02 Å². The minimum atomic E-state index is -0.182. The molecule has 0 bridgehead atoms. The number of hydrogen-bond acceptors (Lipinski definition) is 1. The molecular weight excluding hydrogens is 284 g/mol. The third kappa shape index (κ3) is 4.80. The predicted octanol–water partition coefficient (Wildman–Crippen LogP) is 3.94. The number of rotatable bonds is 5. The van der Waals surface area contributed by atoms with Gasteiger partial charge in [-0.15, -0.1) is 0 Å². The van der Waals surface area contributed by atoms with Crippen LogP contribution in [0.3, 0.4) is 0 Å². The van der Waals surface area contributed by atoms with Gasteiger partial charge in [-0.3, -0.25) is 0 Å². The largest absolute Gasteiger partial charge is 0.338 e. The van der Waals surface area contributed by atoms with Gasteiger partial charge >= 0.3 is 6.03 Å². The summed E-state index contributed by atoms with van der Waals surface area (Å²) in [5.74, 6) is 0. The first-order valence-electron chi connectivity index (χ1n) is 6.99. The Kier molecular flexibility index (Phi) is 5.64. The standard InChI is InChI=1S/C17H19ClN2O/c1-13(15-9-5-6-10-16(15)18)20-17(21)19-12-11-14-7-3-2-4-8-14/h2-10,13H,11-12H2,1H3,(H2,19,20,21). The summed E-state index contributed by atoms with van der Waals surface area (Å²) < 4.78 is 0. The van der Waals surface area contributed by atoms with E-state index in [1.807, 2.05) is 61.5 Å². The van der Waals surface area contributed by atoms with Gasteiger partial charge in [0.1, 0.15) is 0 Å². The lowest BCUT2D eigenvalue weighted by atomic mass is 10.1. The zero-order valence-corrected chi connectivity index (χ0v) is 12.7. The highest BCUT2D eigenvalue weighted by molar-refractivity contribution is 6.31. The number of hydrogen-bond donors (Lipinski definition) is 2. The monoisotopic (exact) mass is 302 g/mol. The minimum Gasteiger partial charge on any atom is -0.338 e. The van der Waals surface area contributed by atoms with Crippen molar-refractivity contribution in [3.63, 3.8) is 0 Å². The second-order valence-corrected chi connectivity index (χ2v) is 5.29. The first-order valence-corrected chi connectivity index (χ1v) is 7.37. The van der Waals surface area contributed by atoms with E-state index in [2.05, 4.69) is 10.6 Å². The highest BCUT2D eigenvalue weighted by Gasteiger charge is 2.11. The van der Waals surface area contributed by atoms with Gasteiger partial charge in [-0.05, 0) is 30.5 Å². The summed E-state index contributed by atoms with van der Waals surface area (Å²) >= 11 is 6.12. The molecule has 2 rings (SSSR count). The Morgan fingerprint density at radius 2 is 1.76 bits per heavy atom. The quantitative estimate of drug-likeness (QED) is 0.863. The van der Waals surface area contributed by atoms with Gasteiger partial charge in [0.2, 0.25) is 0 Å². The van der Waals surface area contributed by atoms with E-state index in [1.54, 1.807) is 0 Å². The molecule has 21 heavy (non-hydrogen) atoms. The van der Waals surface area contributed by atoms with Crippen molar-refractivity contribution in [1.82, 2.24) is 10.6 Å². The molecule has 0 aromatic heterocycles. The summed E-state index contributed by atoms with van der Waals surface area (Å²) in [6.45, 7) is 2.52. The second kappa shape index (κ2) is 7.70. The van der Waals surface area contributed by atoms with Crippen LogP contribution in [0.25, 0.3) is 0 Å². The number of halogens is 1. The minimum absolute atomic E-state index is 0.129. The third-order valence-electron chi connectivity index (χ3n) is 3.26. The lowest BCUT2D eigenvalue weighted by Crippen LogP contribution is -2.38. The third-order valence-corrected chi connectivity index (χ3v) is 3.61. The van der Waals surface area contributed by atoms with E-state index in [9.17, 15) is 4.79 Å². The van der Waals surface area contributed by atoms with Crippen molar-refractivity contribution in [2.45, 2.75) is 19.4 Å². The van der Waals surface area contributed by atoms with Crippen LogP contribution in [0, 0.1) is 0 Å². The van der Waals surface area contributed by atoms with Crippen LogP contribution >= 0.6 is 11.6 Å². The van der Waals surface area contributed by atoms with Gasteiger partial charge in [0, 0.05) is 11.6 Å². The Hall–Kier alpha value is -2.00. The highest BCUT2D eigenvalue weighted by atomic mass is 35.5. The Bertz CT molecular complexity index is 586. The molecule has 0 saturated carbocycles. The number of nitrogens with one attached hydrogen (secondary N) is 2. The second-order valence-electron chi connectivity index (χ2n) is 4.88. The van der Waals surface area contributed by atoms with Gasteiger partial charge in [0.15, 0.2) is 0 Å². The van der Waals surface area contributed by atoms with E-state index in [4.69, 9.17) is 11.6 Å². The molecule has 2 aromatic rings. The molecule has 2 amide bonds. The Labute approximate surface area is 130 Å². The topological polar surface area (TPSA) is 41.1 Å². The van der Waals surface area contributed by atoms with Crippen LogP contribution in [0.1, 0.15) is 24.1 Å². The summed E-state index contributed by atoms with van der Waals surface area (Å²) in [4.78, 5) is 11.9. The summed E-state index contributed by atoms with van der Waals surface area (Å²) in [5.41, 5.74) is 2.12. The Balaban J connectivity index is 1.78. The number of amides is 2. The van der Waals surface area contributed by atoms with Gasteiger partial charge in [-0.2, -0.15) is 0 Å². The van der Waals surface area contributed by atoms with E-state index >= 15 is 0 Å². The fourth-order valence-electron chi connectivity index (χ4n) is 2.12. The van der Waals surface area contributed by atoms with Crippen LogP contribution in [0.4, 0.5) is 4.79 Å². The van der Waals surface area contributed by atoms with Crippen molar-refractivity contribution in [2.75, 3.05) is 6.54 Å². The SMILES string of the molecule is CC(NC(=O)NCCc1ccccc1)c1ccccc1Cl.